The summed E-state index contributed by atoms with van der Waals surface area (Å²) in [6.45, 7) is 6.79. The third-order valence-electron chi connectivity index (χ3n) is 4.43. The molecule has 1 aromatic heterocycles. The minimum atomic E-state index is 0.271. The highest BCUT2D eigenvalue weighted by Crippen LogP contribution is 2.33. The molecular weight excluding hydrogens is 376 g/mol. The summed E-state index contributed by atoms with van der Waals surface area (Å²) in [4.78, 5) is 8.95. The van der Waals surface area contributed by atoms with E-state index >= 15 is 0 Å². The average Bonchev–Trinajstić information content (AvgIpc) is 3.10. The van der Waals surface area contributed by atoms with Gasteiger partial charge in [0.05, 0.1) is 10.7 Å². The first-order valence-corrected chi connectivity index (χ1v) is 9.37. The Morgan fingerprint density at radius 2 is 1.75 bits per heavy atom. The lowest BCUT2D eigenvalue weighted by atomic mass is 10.1. The quantitative estimate of drug-likeness (QED) is 0.622. The molecule has 1 aliphatic rings. The van der Waals surface area contributed by atoms with E-state index in [0.29, 0.717) is 23.2 Å². The van der Waals surface area contributed by atoms with Gasteiger partial charge in [-0.25, -0.2) is 9.97 Å². The smallest absolute Gasteiger partial charge is 0.231 e. The fourth-order valence-corrected chi connectivity index (χ4v) is 3.54. The van der Waals surface area contributed by atoms with E-state index in [1.807, 2.05) is 51.1 Å². The molecule has 0 bridgehead atoms. The number of ether oxygens (including phenoxy) is 2. The standard InChI is InChI=1S/C21H21ClN4O2/c1-12-6-13(2)21(16(22)7-12)26-20-9-19(24-14(3)25-20)23-10-15-4-5-17-18(8-15)28-11-27-17/h4-9H,10-11H2,1-3H3,(H2,23,24,25,26). The van der Waals surface area contributed by atoms with E-state index in [4.69, 9.17) is 21.1 Å². The van der Waals surface area contributed by atoms with E-state index in [-0.39, 0.29) is 6.79 Å². The largest absolute Gasteiger partial charge is 0.454 e. The molecule has 0 saturated carbocycles. The molecule has 0 amide bonds. The van der Waals surface area contributed by atoms with Crippen LogP contribution in [0.2, 0.25) is 5.02 Å². The van der Waals surface area contributed by atoms with Gasteiger partial charge in [0, 0.05) is 12.6 Å². The van der Waals surface area contributed by atoms with Crippen molar-refractivity contribution in [3.05, 3.63) is 63.9 Å². The number of benzene rings is 2. The molecule has 0 aliphatic carbocycles. The average molecular weight is 397 g/mol. The van der Waals surface area contributed by atoms with Crippen LogP contribution in [0.4, 0.5) is 17.3 Å². The van der Waals surface area contributed by atoms with Crippen molar-refractivity contribution in [2.45, 2.75) is 27.3 Å². The molecule has 6 nitrogen and oxygen atoms in total. The van der Waals surface area contributed by atoms with E-state index in [9.17, 15) is 0 Å². The van der Waals surface area contributed by atoms with Crippen LogP contribution in [0.5, 0.6) is 11.5 Å². The summed E-state index contributed by atoms with van der Waals surface area (Å²) in [5.74, 6) is 3.63. The molecule has 4 rings (SSSR count). The summed E-state index contributed by atoms with van der Waals surface area (Å²) in [6.07, 6.45) is 0. The molecule has 3 aromatic rings. The zero-order valence-electron chi connectivity index (χ0n) is 16.0. The van der Waals surface area contributed by atoms with Gasteiger partial charge in [0.2, 0.25) is 6.79 Å². The Balaban J connectivity index is 1.51. The van der Waals surface area contributed by atoms with Gasteiger partial charge in [-0.15, -0.1) is 0 Å². The Labute approximate surface area is 168 Å². The van der Waals surface area contributed by atoms with Gasteiger partial charge in [0.25, 0.3) is 0 Å². The lowest BCUT2D eigenvalue weighted by molar-refractivity contribution is 0.174. The van der Waals surface area contributed by atoms with Crippen LogP contribution >= 0.6 is 11.6 Å². The van der Waals surface area contributed by atoms with E-state index in [1.54, 1.807) is 0 Å². The number of hydrogen-bond donors (Lipinski definition) is 2. The summed E-state index contributed by atoms with van der Waals surface area (Å²) in [7, 11) is 0. The van der Waals surface area contributed by atoms with E-state index in [1.165, 1.54) is 0 Å². The molecule has 7 heteroatoms. The van der Waals surface area contributed by atoms with Crippen LogP contribution in [0.1, 0.15) is 22.5 Å². The van der Waals surface area contributed by atoms with Crippen LogP contribution in [0.15, 0.2) is 36.4 Å². The number of nitrogens with one attached hydrogen (secondary N) is 2. The molecule has 0 spiro atoms. The predicted octanol–water partition coefficient (Wildman–Crippen LogP) is 5.14. The maximum Gasteiger partial charge on any atom is 0.231 e. The van der Waals surface area contributed by atoms with Crippen molar-refractivity contribution >= 4 is 28.9 Å². The highest BCUT2D eigenvalue weighted by Gasteiger charge is 2.13. The van der Waals surface area contributed by atoms with Crippen molar-refractivity contribution in [1.29, 1.82) is 0 Å². The van der Waals surface area contributed by atoms with Gasteiger partial charge in [-0.2, -0.15) is 0 Å². The Hall–Kier alpha value is -2.99. The second-order valence-electron chi connectivity index (χ2n) is 6.79. The van der Waals surface area contributed by atoms with Crippen LogP contribution in [-0.4, -0.2) is 16.8 Å². The normalized spacial score (nSPS) is 12.1. The van der Waals surface area contributed by atoms with Gasteiger partial charge < -0.3 is 20.1 Å². The van der Waals surface area contributed by atoms with E-state index < -0.39 is 0 Å². The molecular formula is C21H21ClN4O2. The fourth-order valence-electron chi connectivity index (χ4n) is 3.17. The number of aryl methyl sites for hydroxylation is 3. The molecule has 0 radical (unpaired) electrons. The Morgan fingerprint density at radius 3 is 2.57 bits per heavy atom. The van der Waals surface area contributed by atoms with E-state index in [2.05, 4.69) is 26.7 Å². The number of rotatable bonds is 5. The van der Waals surface area contributed by atoms with Gasteiger partial charge >= 0.3 is 0 Å². The summed E-state index contributed by atoms with van der Waals surface area (Å²) < 4.78 is 10.8. The number of halogens is 1. The molecule has 0 unspecified atom stereocenters. The lowest BCUT2D eigenvalue weighted by Crippen LogP contribution is -2.05. The highest BCUT2D eigenvalue weighted by atomic mass is 35.5. The summed E-state index contributed by atoms with van der Waals surface area (Å²) in [5, 5.41) is 7.33. The van der Waals surface area contributed by atoms with Crippen molar-refractivity contribution in [3.8, 4) is 11.5 Å². The first-order valence-electron chi connectivity index (χ1n) is 9.00. The van der Waals surface area contributed by atoms with Crippen LogP contribution in [0, 0.1) is 20.8 Å². The maximum atomic E-state index is 6.41. The zero-order valence-corrected chi connectivity index (χ0v) is 16.7. The molecule has 28 heavy (non-hydrogen) atoms. The molecule has 1 aliphatic heterocycles. The second kappa shape index (κ2) is 7.56. The van der Waals surface area contributed by atoms with Gasteiger partial charge in [-0.1, -0.05) is 23.7 Å². The Bertz CT molecular complexity index is 1020. The first kappa shape index (κ1) is 18.4. The van der Waals surface area contributed by atoms with Gasteiger partial charge in [0.15, 0.2) is 11.5 Å². The third-order valence-corrected chi connectivity index (χ3v) is 4.73. The molecule has 2 heterocycles. The SMILES string of the molecule is Cc1cc(C)c(Nc2cc(NCc3ccc4c(c3)OCO4)nc(C)n2)c(Cl)c1. The number of aromatic nitrogens is 2. The number of hydrogen-bond acceptors (Lipinski definition) is 6. The molecule has 0 saturated heterocycles. The van der Waals surface area contributed by atoms with Crippen LogP contribution in [0.3, 0.4) is 0 Å². The van der Waals surface area contributed by atoms with Gasteiger partial charge in [-0.3, -0.25) is 0 Å². The molecule has 2 N–H and O–H groups in total. The zero-order chi connectivity index (χ0) is 19.7. The maximum absolute atomic E-state index is 6.41. The van der Waals surface area contributed by atoms with Crippen LogP contribution in [0.25, 0.3) is 0 Å². The minimum absolute atomic E-state index is 0.271. The summed E-state index contributed by atoms with van der Waals surface area (Å²) in [5.41, 5.74) is 4.12. The van der Waals surface area contributed by atoms with Gasteiger partial charge in [-0.05, 0) is 55.7 Å². The monoisotopic (exact) mass is 396 g/mol. The molecule has 0 atom stereocenters. The van der Waals surface area contributed by atoms with Crippen molar-refractivity contribution in [2.24, 2.45) is 0 Å². The highest BCUT2D eigenvalue weighted by molar-refractivity contribution is 6.33. The number of nitrogens with zero attached hydrogens (tertiary/aromatic N) is 2. The fraction of sp³-hybridized carbons (Fsp3) is 0.238. The van der Waals surface area contributed by atoms with Crippen molar-refractivity contribution < 1.29 is 9.47 Å². The molecule has 2 aromatic carbocycles. The summed E-state index contributed by atoms with van der Waals surface area (Å²) >= 11 is 6.41. The first-order chi connectivity index (χ1) is 13.5. The Morgan fingerprint density at radius 1 is 0.964 bits per heavy atom. The minimum Gasteiger partial charge on any atom is -0.454 e. The lowest BCUT2D eigenvalue weighted by Gasteiger charge is -2.14. The topological polar surface area (TPSA) is 68.3 Å². The van der Waals surface area contributed by atoms with Crippen LogP contribution < -0.4 is 20.1 Å². The van der Waals surface area contributed by atoms with Gasteiger partial charge in [0.1, 0.15) is 17.5 Å². The van der Waals surface area contributed by atoms with Crippen molar-refractivity contribution in [1.82, 2.24) is 9.97 Å². The Kier molecular flexibility index (Phi) is 4.96. The molecule has 0 fully saturated rings. The van der Waals surface area contributed by atoms with Crippen molar-refractivity contribution in [2.75, 3.05) is 17.4 Å². The van der Waals surface area contributed by atoms with E-state index in [0.717, 1.165) is 39.7 Å². The second-order valence-corrected chi connectivity index (χ2v) is 7.20. The predicted molar refractivity (Wildman–Crippen MR) is 111 cm³/mol. The number of anilines is 3. The molecule has 144 valence electrons. The van der Waals surface area contributed by atoms with Crippen molar-refractivity contribution in [3.63, 3.8) is 0 Å². The third kappa shape index (κ3) is 3.97. The van der Waals surface area contributed by atoms with Crippen LogP contribution in [-0.2, 0) is 6.54 Å². The summed E-state index contributed by atoms with van der Waals surface area (Å²) in [6, 6.07) is 11.8. The number of fused-ring (bicyclic) bond motifs is 1.